The van der Waals surface area contributed by atoms with Gasteiger partial charge in [-0.25, -0.2) is 15.0 Å². The summed E-state index contributed by atoms with van der Waals surface area (Å²) in [5, 5.41) is 0. The third-order valence-electron chi connectivity index (χ3n) is 4.96. The van der Waals surface area contributed by atoms with Gasteiger partial charge in [0.15, 0.2) is 5.82 Å². The molecule has 1 atom stereocenters. The second-order valence-electron chi connectivity index (χ2n) is 7.02. The van der Waals surface area contributed by atoms with Crippen molar-refractivity contribution in [3.63, 3.8) is 0 Å². The van der Waals surface area contributed by atoms with Gasteiger partial charge in [0.1, 0.15) is 11.5 Å². The quantitative estimate of drug-likeness (QED) is 0.725. The number of hydrogen-bond acceptors (Lipinski definition) is 5. The fourth-order valence-corrected chi connectivity index (χ4v) is 3.72. The van der Waals surface area contributed by atoms with Gasteiger partial charge in [0.05, 0.1) is 0 Å². The molecule has 0 radical (unpaired) electrons. The number of hydrogen-bond donors (Lipinski definition) is 0. The summed E-state index contributed by atoms with van der Waals surface area (Å²) >= 11 is 0. The van der Waals surface area contributed by atoms with Crippen molar-refractivity contribution in [2.75, 3.05) is 13.1 Å². The van der Waals surface area contributed by atoms with Gasteiger partial charge in [-0.2, -0.15) is 0 Å². The van der Waals surface area contributed by atoms with Gasteiger partial charge in [0, 0.05) is 56.5 Å². The first-order chi connectivity index (χ1) is 12.7. The molecule has 4 rings (SSSR count). The molecule has 0 bridgehead atoms. The molecule has 4 heterocycles. The highest BCUT2D eigenvalue weighted by atomic mass is 15.1. The summed E-state index contributed by atoms with van der Waals surface area (Å²) in [6.07, 6.45) is 9.89. The van der Waals surface area contributed by atoms with Crippen LogP contribution in [0.1, 0.15) is 35.8 Å². The number of pyridine rings is 1. The van der Waals surface area contributed by atoms with Crippen LogP contribution in [0.5, 0.6) is 0 Å². The molecule has 0 amide bonds. The predicted octanol–water partition coefficient (Wildman–Crippen LogP) is 2.96. The molecule has 0 spiro atoms. The number of aromatic nitrogens is 5. The molecule has 0 unspecified atom stereocenters. The Balaban J connectivity index is 1.55. The minimum Gasteiger partial charge on any atom is -0.333 e. The van der Waals surface area contributed by atoms with Crippen LogP contribution >= 0.6 is 0 Å². The summed E-state index contributed by atoms with van der Waals surface area (Å²) in [5.41, 5.74) is 3.30. The molecule has 0 N–H and O–H groups in total. The van der Waals surface area contributed by atoms with E-state index in [1.54, 1.807) is 0 Å². The maximum Gasteiger partial charge on any atom is 0.158 e. The number of rotatable bonds is 4. The van der Waals surface area contributed by atoms with Crippen molar-refractivity contribution in [3.05, 3.63) is 60.1 Å². The van der Waals surface area contributed by atoms with Crippen molar-refractivity contribution < 1.29 is 0 Å². The first kappa shape index (κ1) is 16.8. The summed E-state index contributed by atoms with van der Waals surface area (Å²) in [5.74, 6) is 2.13. The first-order valence-corrected chi connectivity index (χ1v) is 9.13. The monoisotopic (exact) mass is 348 g/mol. The van der Waals surface area contributed by atoms with E-state index in [2.05, 4.69) is 32.0 Å². The lowest BCUT2D eigenvalue weighted by atomic mass is 9.93. The molecule has 26 heavy (non-hydrogen) atoms. The standard InChI is InChI=1S/C20H24N6/c1-15-23-18(11-19(24-15)20-22-8-10-25(20)2)17-6-4-9-26(14-17)13-16-5-3-7-21-12-16/h3,5,7-8,10-12,17H,4,6,9,13-14H2,1-2H3/t17-/m1/s1. The zero-order chi connectivity index (χ0) is 17.9. The van der Waals surface area contributed by atoms with Gasteiger partial charge in [-0.15, -0.1) is 0 Å². The molecule has 1 fully saturated rings. The summed E-state index contributed by atoms with van der Waals surface area (Å²) in [4.78, 5) is 20.5. The number of aryl methyl sites for hydroxylation is 2. The van der Waals surface area contributed by atoms with Gasteiger partial charge in [0.2, 0.25) is 0 Å². The van der Waals surface area contributed by atoms with Gasteiger partial charge in [-0.1, -0.05) is 6.07 Å². The van der Waals surface area contributed by atoms with E-state index in [0.717, 1.165) is 42.7 Å². The third kappa shape index (κ3) is 3.65. The molecule has 1 aliphatic rings. The van der Waals surface area contributed by atoms with Crippen LogP contribution < -0.4 is 0 Å². The highest BCUT2D eigenvalue weighted by Gasteiger charge is 2.24. The van der Waals surface area contributed by atoms with Crippen molar-refractivity contribution in [1.82, 2.24) is 29.4 Å². The Bertz CT molecular complexity index is 873. The lowest BCUT2D eigenvalue weighted by molar-refractivity contribution is 0.198. The van der Waals surface area contributed by atoms with E-state index in [0.29, 0.717) is 5.92 Å². The summed E-state index contributed by atoms with van der Waals surface area (Å²) in [6, 6.07) is 6.27. The Labute approximate surface area is 154 Å². The molecule has 6 nitrogen and oxygen atoms in total. The Morgan fingerprint density at radius 1 is 1.23 bits per heavy atom. The highest BCUT2D eigenvalue weighted by molar-refractivity contribution is 5.50. The topological polar surface area (TPSA) is 59.7 Å². The molecular weight excluding hydrogens is 324 g/mol. The van der Waals surface area contributed by atoms with Gasteiger partial charge >= 0.3 is 0 Å². The van der Waals surface area contributed by atoms with Crippen molar-refractivity contribution >= 4 is 0 Å². The van der Waals surface area contributed by atoms with Crippen LogP contribution in [-0.2, 0) is 13.6 Å². The molecule has 6 heteroatoms. The fourth-order valence-electron chi connectivity index (χ4n) is 3.72. The zero-order valence-electron chi connectivity index (χ0n) is 15.3. The van der Waals surface area contributed by atoms with Gasteiger partial charge in [-0.3, -0.25) is 9.88 Å². The van der Waals surface area contributed by atoms with E-state index >= 15 is 0 Å². The average Bonchev–Trinajstić information content (AvgIpc) is 3.08. The maximum absolute atomic E-state index is 4.75. The third-order valence-corrected chi connectivity index (χ3v) is 4.96. The van der Waals surface area contributed by atoms with Crippen LogP contribution in [0, 0.1) is 6.92 Å². The molecule has 134 valence electrons. The first-order valence-electron chi connectivity index (χ1n) is 9.13. The molecular formula is C20H24N6. The van der Waals surface area contributed by atoms with Gasteiger partial charge < -0.3 is 4.57 Å². The zero-order valence-corrected chi connectivity index (χ0v) is 15.3. The van der Waals surface area contributed by atoms with Crippen LogP contribution in [0.3, 0.4) is 0 Å². The number of likely N-dealkylation sites (tertiary alicyclic amines) is 1. The van der Waals surface area contributed by atoms with Crippen LogP contribution in [0.25, 0.3) is 11.5 Å². The molecule has 0 saturated carbocycles. The van der Waals surface area contributed by atoms with E-state index in [1.165, 1.54) is 18.4 Å². The summed E-state index contributed by atoms with van der Waals surface area (Å²) in [6.45, 7) is 5.06. The van der Waals surface area contributed by atoms with E-state index in [4.69, 9.17) is 4.98 Å². The molecule has 0 aromatic carbocycles. The Morgan fingerprint density at radius 2 is 2.15 bits per heavy atom. The fraction of sp³-hybridized carbons (Fsp3) is 0.400. The summed E-state index contributed by atoms with van der Waals surface area (Å²) < 4.78 is 2.00. The van der Waals surface area contributed by atoms with Crippen LogP contribution in [0.2, 0.25) is 0 Å². The Kier molecular flexibility index (Phi) is 4.75. The van der Waals surface area contributed by atoms with E-state index in [1.807, 2.05) is 49.4 Å². The molecule has 0 aliphatic carbocycles. The largest absolute Gasteiger partial charge is 0.333 e. The average molecular weight is 348 g/mol. The van der Waals surface area contributed by atoms with E-state index in [-0.39, 0.29) is 0 Å². The minimum absolute atomic E-state index is 0.432. The van der Waals surface area contributed by atoms with Crippen LogP contribution in [0.4, 0.5) is 0 Å². The number of piperidine rings is 1. The van der Waals surface area contributed by atoms with Gasteiger partial charge in [0.25, 0.3) is 0 Å². The van der Waals surface area contributed by atoms with E-state index < -0.39 is 0 Å². The lowest BCUT2D eigenvalue weighted by Gasteiger charge is -2.32. The van der Waals surface area contributed by atoms with Crippen LogP contribution in [-0.4, -0.2) is 42.5 Å². The van der Waals surface area contributed by atoms with Crippen molar-refractivity contribution in [1.29, 1.82) is 0 Å². The molecule has 1 saturated heterocycles. The number of nitrogens with zero attached hydrogens (tertiary/aromatic N) is 6. The highest BCUT2D eigenvalue weighted by Crippen LogP contribution is 2.28. The Morgan fingerprint density at radius 3 is 2.92 bits per heavy atom. The Hall–Kier alpha value is -2.60. The second-order valence-corrected chi connectivity index (χ2v) is 7.02. The SMILES string of the molecule is Cc1nc(-c2nccn2C)cc([C@@H]2CCCN(Cc3cccnc3)C2)n1. The maximum atomic E-state index is 4.75. The number of imidazole rings is 1. The smallest absolute Gasteiger partial charge is 0.158 e. The second kappa shape index (κ2) is 7.33. The van der Waals surface area contributed by atoms with E-state index in [9.17, 15) is 0 Å². The minimum atomic E-state index is 0.432. The predicted molar refractivity (Wildman–Crippen MR) is 100 cm³/mol. The lowest BCUT2D eigenvalue weighted by Crippen LogP contribution is -2.34. The summed E-state index contributed by atoms with van der Waals surface area (Å²) in [7, 11) is 2.00. The van der Waals surface area contributed by atoms with Gasteiger partial charge in [-0.05, 0) is 44.0 Å². The van der Waals surface area contributed by atoms with Crippen molar-refractivity contribution in [3.8, 4) is 11.5 Å². The molecule has 3 aromatic heterocycles. The molecule has 1 aliphatic heterocycles. The normalized spacial score (nSPS) is 18.2. The van der Waals surface area contributed by atoms with Crippen molar-refractivity contribution in [2.45, 2.75) is 32.2 Å². The van der Waals surface area contributed by atoms with Crippen molar-refractivity contribution in [2.24, 2.45) is 7.05 Å². The molecule has 3 aromatic rings. The van der Waals surface area contributed by atoms with Crippen LogP contribution in [0.15, 0.2) is 43.0 Å².